The average Bonchev–Trinajstić information content (AvgIpc) is 1.84. The monoisotopic (exact) mass is 190 g/mol. The van der Waals surface area contributed by atoms with Crippen LogP contribution in [0.4, 0.5) is 0 Å². The zero-order chi connectivity index (χ0) is 9.72. The molecule has 6 heteroatoms. The first-order valence-corrected chi connectivity index (χ1v) is 4.34. The molecule has 0 aliphatic rings. The Morgan fingerprint density at radius 3 is 2.33 bits per heavy atom. The van der Waals surface area contributed by atoms with E-state index < -0.39 is 6.10 Å². The fourth-order valence-corrected chi connectivity index (χ4v) is 1.13. The van der Waals surface area contributed by atoms with Crippen LogP contribution in [-0.2, 0) is 0 Å². The van der Waals surface area contributed by atoms with Crippen LogP contribution in [0.3, 0.4) is 0 Å². The summed E-state index contributed by atoms with van der Waals surface area (Å²) in [5.41, 5.74) is 10.1. The van der Waals surface area contributed by atoms with Crippen LogP contribution in [-0.4, -0.2) is 27.6 Å². The third-order valence-electron chi connectivity index (χ3n) is 1.21. The molecule has 0 spiro atoms. The lowest BCUT2D eigenvalue weighted by Crippen LogP contribution is -2.24. The largest absolute Gasteiger partial charge is 0.392 e. The van der Waals surface area contributed by atoms with E-state index in [9.17, 15) is 0 Å². The van der Waals surface area contributed by atoms with Crippen LogP contribution in [0, 0.1) is 5.41 Å². The van der Waals surface area contributed by atoms with Gasteiger partial charge in [-0.25, -0.2) is 0 Å². The molecule has 0 heterocycles. The highest BCUT2D eigenvalue weighted by molar-refractivity contribution is 8.14. The Balaban J connectivity index is 3.94. The number of aliphatic hydroxyl groups excluding tert-OH is 1. The maximum atomic E-state index is 9.08. The summed E-state index contributed by atoms with van der Waals surface area (Å²) in [6.07, 6.45) is -0.482. The van der Waals surface area contributed by atoms with Crippen LogP contribution in [0.2, 0.25) is 0 Å². The van der Waals surface area contributed by atoms with Crippen molar-refractivity contribution in [1.29, 1.82) is 5.41 Å². The van der Waals surface area contributed by atoms with Gasteiger partial charge in [-0.05, 0) is 6.92 Å². The molecule has 0 aromatic carbocycles. The van der Waals surface area contributed by atoms with Gasteiger partial charge in [-0.1, -0.05) is 18.7 Å². The minimum atomic E-state index is -0.482. The Morgan fingerprint density at radius 2 is 2.00 bits per heavy atom. The fourth-order valence-electron chi connectivity index (χ4n) is 0.418. The van der Waals surface area contributed by atoms with E-state index in [1.807, 2.05) is 0 Å². The molecule has 0 bridgehead atoms. The molecule has 0 saturated heterocycles. The van der Waals surface area contributed by atoms with Crippen molar-refractivity contribution in [3.8, 4) is 0 Å². The molecule has 70 valence electrons. The van der Waals surface area contributed by atoms with Gasteiger partial charge in [0.25, 0.3) is 0 Å². The van der Waals surface area contributed by atoms with Crippen LogP contribution >= 0.6 is 11.8 Å². The Kier molecular flexibility index (Phi) is 4.68. The average molecular weight is 190 g/mol. The van der Waals surface area contributed by atoms with E-state index in [0.717, 1.165) is 11.8 Å². The number of hydrogen-bond acceptors (Lipinski definition) is 3. The summed E-state index contributed by atoms with van der Waals surface area (Å²) in [6.45, 7) is 3.45. The Morgan fingerprint density at radius 1 is 1.50 bits per heavy atom. The molecule has 0 radical (unpaired) electrons. The summed E-state index contributed by atoms with van der Waals surface area (Å²) >= 11 is 1.12. The molecule has 0 amide bonds. The van der Waals surface area contributed by atoms with Crippen molar-refractivity contribution < 1.29 is 5.11 Å². The van der Waals surface area contributed by atoms with E-state index >= 15 is 0 Å². The first-order chi connectivity index (χ1) is 5.43. The second kappa shape index (κ2) is 5.00. The highest BCUT2D eigenvalue weighted by Crippen LogP contribution is 2.15. The van der Waals surface area contributed by atoms with Crippen LogP contribution in [0.1, 0.15) is 13.8 Å². The number of rotatable bonds is 2. The van der Waals surface area contributed by atoms with Gasteiger partial charge in [-0.15, -0.1) is 0 Å². The zero-order valence-electron chi connectivity index (χ0n) is 7.11. The number of aliphatic imine (C=N–C) groups is 1. The second-order valence-corrected chi connectivity index (χ2v) is 3.77. The Labute approximate surface area is 75.7 Å². The predicted octanol–water partition coefficient (Wildman–Crippen LogP) is -0.303. The molecule has 0 aromatic rings. The standard InChI is InChI=1S/C6H14N4OS/c1-3(11)4(2)12-6(9)10-5(7)8/h3-4,11H,1-2H3,(H5,7,8,9,10). The third-order valence-corrected chi connectivity index (χ3v) is 2.29. The van der Waals surface area contributed by atoms with Crippen LogP contribution in [0.5, 0.6) is 0 Å². The minimum absolute atomic E-state index is 0.0170. The smallest absolute Gasteiger partial charge is 0.193 e. The molecule has 2 unspecified atom stereocenters. The van der Waals surface area contributed by atoms with Crippen molar-refractivity contribution >= 4 is 22.9 Å². The second-order valence-electron chi connectivity index (χ2n) is 2.41. The van der Waals surface area contributed by atoms with E-state index in [0.29, 0.717) is 0 Å². The van der Waals surface area contributed by atoms with Gasteiger partial charge in [-0.3, -0.25) is 5.41 Å². The lowest BCUT2D eigenvalue weighted by atomic mass is 10.3. The summed E-state index contributed by atoms with van der Waals surface area (Å²) in [7, 11) is 0. The number of hydrogen-bond donors (Lipinski definition) is 4. The van der Waals surface area contributed by atoms with Crippen LogP contribution in [0.15, 0.2) is 4.99 Å². The number of amidine groups is 1. The normalized spacial score (nSPS) is 14.9. The van der Waals surface area contributed by atoms with Crippen molar-refractivity contribution in [2.45, 2.75) is 25.2 Å². The number of nitrogens with two attached hydrogens (primary N) is 2. The minimum Gasteiger partial charge on any atom is -0.392 e. The maximum Gasteiger partial charge on any atom is 0.193 e. The first kappa shape index (κ1) is 11.2. The number of guanidine groups is 1. The van der Waals surface area contributed by atoms with Crippen molar-refractivity contribution in [1.82, 2.24) is 0 Å². The van der Waals surface area contributed by atoms with Crippen molar-refractivity contribution in [2.75, 3.05) is 0 Å². The van der Waals surface area contributed by atoms with Gasteiger partial charge < -0.3 is 16.6 Å². The van der Waals surface area contributed by atoms with E-state index in [4.69, 9.17) is 22.0 Å². The van der Waals surface area contributed by atoms with Crippen molar-refractivity contribution in [3.63, 3.8) is 0 Å². The zero-order valence-corrected chi connectivity index (χ0v) is 7.93. The predicted molar refractivity (Wildman–Crippen MR) is 52.3 cm³/mol. The lowest BCUT2D eigenvalue weighted by molar-refractivity contribution is 0.196. The summed E-state index contributed by atoms with van der Waals surface area (Å²) in [5, 5.41) is 16.3. The Hall–Kier alpha value is -0.750. The van der Waals surface area contributed by atoms with Gasteiger partial charge in [0.1, 0.15) is 0 Å². The van der Waals surface area contributed by atoms with Gasteiger partial charge in [0, 0.05) is 5.25 Å². The molecule has 6 N–H and O–H groups in total. The van der Waals surface area contributed by atoms with E-state index in [-0.39, 0.29) is 16.4 Å². The van der Waals surface area contributed by atoms with Gasteiger partial charge in [0.05, 0.1) is 6.10 Å². The topological polar surface area (TPSA) is 108 Å². The van der Waals surface area contributed by atoms with E-state index in [2.05, 4.69) is 4.99 Å². The number of aliphatic hydroxyl groups is 1. The van der Waals surface area contributed by atoms with E-state index in [1.165, 1.54) is 0 Å². The van der Waals surface area contributed by atoms with Gasteiger partial charge in [0.2, 0.25) is 0 Å². The highest BCUT2D eigenvalue weighted by atomic mass is 32.2. The third kappa shape index (κ3) is 4.97. The van der Waals surface area contributed by atoms with Gasteiger partial charge in [-0.2, -0.15) is 4.99 Å². The molecule has 0 rings (SSSR count). The maximum absolute atomic E-state index is 9.08. The van der Waals surface area contributed by atoms with Gasteiger partial charge in [0.15, 0.2) is 11.1 Å². The summed E-state index contributed by atoms with van der Waals surface area (Å²) in [6, 6.07) is 0. The molecule has 5 nitrogen and oxygen atoms in total. The summed E-state index contributed by atoms with van der Waals surface area (Å²) in [4.78, 5) is 3.51. The van der Waals surface area contributed by atoms with Crippen molar-refractivity contribution in [2.24, 2.45) is 16.5 Å². The lowest BCUT2D eigenvalue weighted by Gasteiger charge is -2.11. The molecular weight excluding hydrogens is 176 g/mol. The number of nitrogens with one attached hydrogen (secondary N) is 1. The van der Waals surface area contributed by atoms with Crippen LogP contribution < -0.4 is 11.5 Å². The summed E-state index contributed by atoms with van der Waals surface area (Å²) < 4.78 is 0. The van der Waals surface area contributed by atoms with E-state index in [1.54, 1.807) is 13.8 Å². The number of thioether (sulfide) groups is 1. The molecule has 12 heavy (non-hydrogen) atoms. The molecule has 0 aliphatic carbocycles. The molecule has 0 fully saturated rings. The highest BCUT2D eigenvalue weighted by Gasteiger charge is 2.11. The quantitative estimate of drug-likeness (QED) is 0.354. The molecule has 0 saturated carbocycles. The Bertz CT molecular complexity index is 188. The molecule has 0 aliphatic heterocycles. The summed E-state index contributed by atoms with van der Waals surface area (Å²) in [5.74, 6) is -0.134. The SMILES string of the molecule is CC(O)C(C)SC(=N)N=C(N)N. The molecular formula is C6H14N4OS. The molecule has 2 atom stereocenters. The van der Waals surface area contributed by atoms with Crippen molar-refractivity contribution in [3.05, 3.63) is 0 Å². The fraction of sp³-hybridized carbons (Fsp3) is 0.667. The van der Waals surface area contributed by atoms with Gasteiger partial charge >= 0.3 is 0 Å². The van der Waals surface area contributed by atoms with Crippen LogP contribution in [0.25, 0.3) is 0 Å². The number of nitrogens with zero attached hydrogens (tertiary/aromatic N) is 1. The molecule has 0 aromatic heterocycles. The first-order valence-electron chi connectivity index (χ1n) is 3.46.